The predicted octanol–water partition coefficient (Wildman–Crippen LogP) is 5.55. The van der Waals surface area contributed by atoms with Crippen LogP contribution < -0.4 is 10.2 Å². The van der Waals surface area contributed by atoms with Crippen molar-refractivity contribution in [2.45, 2.75) is 32.4 Å². The van der Waals surface area contributed by atoms with Gasteiger partial charge < -0.3 is 10.1 Å². The van der Waals surface area contributed by atoms with Crippen molar-refractivity contribution >= 4 is 40.9 Å². The summed E-state index contributed by atoms with van der Waals surface area (Å²) in [5.41, 5.74) is 4.25. The Bertz CT molecular complexity index is 1440. The lowest BCUT2D eigenvalue weighted by Crippen LogP contribution is -2.30. The zero-order chi connectivity index (χ0) is 27.2. The summed E-state index contributed by atoms with van der Waals surface area (Å²) in [6.45, 7) is 5.88. The van der Waals surface area contributed by atoms with Crippen LogP contribution in [0.15, 0.2) is 83.4 Å². The molecule has 192 valence electrons. The average Bonchev–Trinajstić information content (AvgIpc) is 3.23. The molecule has 0 radical (unpaired) electrons. The Hall–Kier alpha value is -4.35. The van der Waals surface area contributed by atoms with Crippen LogP contribution in [0.25, 0.3) is 0 Å². The number of carbonyl (C=O) groups excluding carboxylic acids is 3. The molecule has 1 atom stereocenters. The van der Waals surface area contributed by atoms with E-state index >= 15 is 0 Å². The SMILES string of the molecule is CCOC(=O)c1ccc(CC2S/C(=C(/C#N)C(=O)Nc3cccc(C)c3C)N(c3ccccc3)C2=O)cc1. The number of ether oxygens (including phenoxy) is 1. The molecule has 1 aliphatic rings. The number of anilines is 2. The Balaban J connectivity index is 1.66. The van der Waals surface area contributed by atoms with E-state index < -0.39 is 17.1 Å². The molecule has 1 fully saturated rings. The number of hydrogen-bond acceptors (Lipinski definition) is 6. The number of rotatable bonds is 7. The number of para-hydroxylation sites is 1. The molecule has 2 amide bonds. The van der Waals surface area contributed by atoms with Crippen LogP contribution in [0.5, 0.6) is 0 Å². The van der Waals surface area contributed by atoms with Crippen molar-refractivity contribution in [2.24, 2.45) is 0 Å². The number of hydrogen-bond donors (Lipinski definition) is 1. The van der Waals surface area contributed by atoms with E-state index in [-0.39, 0.29) is 18.1 Å². The normalized spacial score (nSPS) is 16.1. The summed E-state index contributed by atoms with van der Waals surface area (Å²) >= 11 is 1.20. The second-order valence-corrected chi connectivity index (χ2v) is 9.92. The van der Waals surface area contributed by atoms with Gasteiger partial charge in [0.25, 0.3) is 5.91 Å². The zero-order valence-corrected chi connectivity index (χ0v) is 22.2. The van der Waals surface area contributed by atoms with Gasteiger partial charge in [0.15, 0.2) is 0 Å². The second-order valence-electron chi connectivity index (χ2n) is 8.73. The first-order valence-electron chi connectivity index (χ1n) is 12.2. The summed E-state index contributed by atoms with van der Waals surface area (Å²) in [6, 6.07) is 23.5. The molecule has 1 aliphatic heterocycles. The van der Waals surface area contributed by atoms with Gasteiger partial charge >= 0.3 is 5.97 Å². The lowest BCUT2D eigenvalue weighted by atomic mass is 10.1. The number of nitrogens with one attached hydrogen (secondary N) is 1. The molecule has 0 spiro atoms. The lowest BCUT2D eigenvalue weighted by Gasteiger charge is -2.19. The number of benzene rings is 3. The molecule has 1 heterocycles. The summed E-state index contributed by atoms with van der Waals surface area (Å²) in [5, 5.41) is 12.6. The van der Waals surface area contributed by atoms with Crippen LogP contribution in [0.1, 0.15) is 34.0 Å². The number of esters is 1. The maximum atomic E-state index is 13.6. The molecule has 38 heavy (non-hydrogen) atoms. The van der Waals surface area contributed by atoms with Gasteiger partial charge in [-0.05, 0) is 74.2 Å². The molecule has 1 N–H and O–H groups in total. The smallest absolute Gasteiger partial charge is 0.338 e. The Morgan fingerprint density at radius 3 is 2.39 bits per heavy atom. The summed E-state index contributed by atoms with van der Waals surface area (Å²) in [5.74, 6) is -1.20. The number of amides is 2. The molecule has 0 bridgehead atoms. The van der Waals surface area contributed by atoms with Crippen molar-refractivity contribution < 1.29 is 19.1 Å². The number of carbonyl (C=O) groups is 3. The Morgan fingerprint density at radius 2 is 1.74 bits per heavy atom. The summed E-state index contributed by atoms with van der Waals surface area (Å²) in [4.78, 5) is 40.4. The third-order valence-corrected chi connectivity index (χ3v) is 7.52. The fraction of sp³-hybridized carbons (Fsp3) is 0.200. The van der Waals surface area contributed by atoms with Crippen LogP contribution in [-0.2, 0) is 20.7 Å². The Labute approximate surface area is 226 Å². The van der Waals surface area contributed by atoms with Crippen molar-refractivity contribution in [3.63, 3.8) is 0 Å². The molecule has 7 nitrogen and oxygen atoms in total. The highest BCUT2D eigenvalue weighted by molar-refractivity contribution is 8.05. The van der Waals surface area contributed by atoms with Gasteiger partial charge in [-0.15, -0.1) is 0 Å². The van der Waals surface area contributed by atoms with Crippen molar-refractivity contribution in [2.75, 3.05) is 16.8 Å². The zero-order valence-electron chi connectivity index (χ0n) is 21.4. The third kappa shape index (κ3) is 5.63. The minimum Gasteiger partial charge on any atom is -0.462 e. The summed E-state index contributed by atoms with van der Waals surface area (Å²) in [6.07, 6.45) is 0.358. The molecule has 1 saturated heterocycles. The third-order valence-electron chi connectivity index (χ3n) is 6.26. The van der Waals surface area contributed by atoms with Gasteiger partial charge in [0.2, 0.25) is 5.91 Å². The fourth-order valence-corrected chi connectivity index (χ4v) is 5.38. The van der Waals surface area contributed by atoms with Crippen LogP contribution in [0.3, 0.4) is 0 Å². The molecular formula is C30H27N3O4S. The van der Waals surface area contributed by atoms with Crippen LogP contribution >= 0.6 is 11.8 Å². The van der Waals surface area contributed by atoms with Crippen LogP contribution in [0.2, 0.25) is 0 Å². The molecule has 3 aromatic rings. The van der Waals surface area contributed by atoms with E-state index in [1.165, 1.54) is 16.7 Å². The largest absolute Gasteiger partial charge is 0.462 e. The molecule has 0 aliphatic carbocycles. The highest BCUT2D eigenvalue weighted by Gasteiger charge is 2.40. The minimum atomic E-state index is -0.572. The van der Waals surface area contributed by atoms with Crippen molar-refractivity contribution in [1.29, 1.82) is 5.26 Å². The molecule has 3 aromatic carbocycles. The second kappa shape index (κ2) is 11.8. The van der Waals surface area contributed by atoms with E-state index in [0.717, 1.165) is 16.7 Å². The quantitative estimate of drug-likeness (QED) is 0.247. The molecule has 0 saturated carbocycles. The van der Waals surface area contributed by atoms with Crippen LogP contribution in [0, 0.1) is 25.2 Å². The van der Waals surface area contributed by atoms with Gasteiger partial charge in [-0.1, -0.05) is 54.2 Å². The van der Waals surface area contributed by atoms with Crippen LogP contribution in [0.4, 0.5) is 11.4 Å². The van der Waals surface area contributed by atoms with E-state index in [1.54, 1.807) is 61.5 Å². The maximum absolute atomic E-state index is 13.6. The van der Waals surface area contributed by atoms with E-state index in [4.69, 9.17) is 4.74 Å². The van der Waals surface area contributed by atoms with Crippen molar-refractivity contribution in [3.05, 3.63) is 106 Å². The van der Waals surface area contributed by atoms with Gasteiger partial charge in [-0.25, -0.2) is 4.79 Å². The highest BCUT2D eigenvalue weighted by Crippen LogP contribution is 2.42. The van der Waals surface area contributed by atoms with Gasteiger partial charge in [-0.2, -0.15) is 5.26 Å². The van der Waals surface area contributed by atoms with Gasteiger partial charge in [0.1, 0.15) is 16.7 Å². The molecule has 1 unspecified atom stereocenters. The van der Waals surface area contributed by atoms with Gasteiger partial charge in [0, 0.05) is 11.4 Å². The monoisotopic (exact) mass is 525 g/mol. The predicted molar refractivity (Wildman–Crippen MR) is 149 cm³/mol. The maximum Gasteiger partial charge on any atom is 0.338 e. The van der Waals surface area contributed by atoms with E-state index in [0.29, 0.717) is 28.4 Å². The topological polar surface area (TPSA) is 99.5 Å². The lowest BCUT2D eigenvalue weighted by molar-refractivity contribution is -0.117. The molecule has 8 heteroatoms. The summed E-state index contributed by atoms with van der Waals surface area (Å²) in [7, 11) is 0. The van der Waals surface area contributed by atoms with Crippen LogP contribution in [-0.4, -0.2) is 29.6 Å². The number of thioether (sulfide) groups is 1. The van der Waals surface area contributed by atoms with Gasteiger partial charge in [0.05, 0.1) is 17.4 Å². The molecule has 0 aromatic heterocycles. The Morgan fingerprint density at radius 1 is 1.03 bits per heavy atom. The first-order chi connectivity index (χ1) is 18.3. The first-order valence-corrected chi connectivity index (χ1v) is 13.1. The fourth-order valence-electron chi connectivity index (χ4n) is 4.08. The van der Waals surface area contributed by atoms with E-state index in [2.05, 4.69) is 5.32 Å². The number of nitrogens with zero attached hydrogens (tertiary/aromatic N) is 2. The average molecular weight is 526 g/mol. The minimum absolute atomic E-state index is 0.131. The molecular weight excluding hydrogens is 498 g/mol. The summed E-state index contributed by atoms with van der Waals surface area (Å²) < 4.78 is 5.03. The van der Waals surface area contributed by atoms with Crippen molar-refractivity contribution in [1.82, 2.24) is 0 Å². The van der Waals surface area contributed by atoms with Gasteiger partial charge in [-0.3, -0.25) is 14.5 Å². The molecule has 4 rings (SSSR count). The van der Waals surface area contributed by atoms with E-state index in [9.17, 15) is 19.6 Å². The number of aryl methyl sites for hydroxylation is 1. The standard InChI is InChI=1S/C30H27N3O4S/c1-4-37-30(36)22-15-13-21(14-16-22)17-26-28(35)33(23-10-6-5-7-11-23)29(38-26)24(18-31)27(34)32-25-12-8-9-19(2)20(25)3/h5-16,26H,4,17H2,1-3H3,(H,32,34)/b29-24-. The van der Waals surface area contributed by atoms with E-state index in [1.807, 2.05) is 38.1 Å². The first kappa shape index (κ1) is 26.7. The Kier molecular flexibility index (Phi) is 8.29. The highest BCUT2D eigenvalue weighted by atomic mass is 32.2. The number of nitriles is 1. The van der Waals surface area contributed by atoms with Crippen molar-refractivity contribution in [3.8, 4) is 6.07 Å².